The minimum Gasteiger partial charge on any atom is -0.465 e. The Balaban J connectivity index is 1.59. The molecule has 0 aromatic heterocycles. The van der Waals surface area contributed by atoms with E-state index in [0.717, 1.165) is 44.6 Å². The molecule has 2 fully saturated rings. The minimum absolute atomic E-state index is 0.0598. The number of benzene rings is 1. The second-order valence-electron chi connectivity index (χ2n) is 7.65. The van der Waals surface area contributed by atoms with Gasteiger partial charge in [0.1, 0.15) is 5.82 Å². The smallest absolute Gasteiger partial charge is 0.338 e. The summed E-state index contributed by atoms with van der Waals surface area (Å²) < 4.78 is 25.4. The molecule has 1 N–H and O–H groups in total. The molecule has 1 heterocycles. The number of piperidine rings is 1. The number of hydrogen-bond donors (Lipinski definition) is 1. The number of halogens is 1. The molecule has 0 atom stereocenters. The third-order valence-corrected chi connectivity index (χ3v) is 5.87. The molecule has 3 rings (SSSR count). The molecule has 0 radical (unpaired) electrons. The predicted molar refractivity (Wildman–Crippen MR) is 102 cm³/mol. The van der Waals surface area contributed by atoms with Gasteiger partial charge in [-0.15, -0.1) is 0 Å². The lowest BCUT2D eigenvalue weighted by Crippen LogP contribution is -2.39. The first-order chi connectivity index (χ1) is 13.5. The summed E-state index contributed by atoms with van der Waals surface area (Å²) in [7, 11) is 1.20. The molecule has 28 heavy (non-hydrogen) atoms. The number of rotatable bonds is 6. The molecule has 0 bridgehead atoms. The zero-order valence-electron chi connectivity index (χ0n) is 16.2. The van der Waals surface area contributed by atoms with Gasteiger partial charge in [0.05, 0.1) is 30.6 Å². The Bertz CT molecular complexity index is 694. The average Bonchev–Trinajstić information content (AvgIpc) is 2.74. The monoisotopic (exact) mass is 393 g/mol. The van der Waals surface area contributed by atoms with E-state index in [2.05, 4.69) is 4.74 Å². The number of nitrogens with zero attached hydrogens (tertiary/aromatic N) is 1. The van der Waals surface area contributed by atoms with Crippen LogP contribution < -0.4 is 4.90 Å². The van der Waals surface area contributed by atoms with Gasteiger partial charge >= 0.3 is 5.97 Å². The van der Waals surface area contributed by atoms with Gasteiger partial charge in [-0.3, -0.25) is 4.79 Å². The Hall–Kier alpha value is -1.99. The summed E-state index contributed by atoms with van der Waals surface area (Å²) in [6.45, 7) is 1.51. The number of aldehydes is 1. The number of carbonyl (C=O) groups is 2. The molecule has 1 aromatic carbocycles. The van der Waals surface area contributed by atoms with Gasteiger partial charge in [0.2, 0.25) is 0 Å². The van der Waals surface area contributed by atoms with E-state index in [-0.39, 0.29) is 29.9 Å². The lowest BCUT2D eigenvalue weighted by molar-refractivity contribution is -0.0486. The summed E-state index contributed by atoms with van der Waals surface area (Å²) in [4.78, 5) is 24.9. The summed E-state index contributed by atoms with van der Waals surface area (Å²) in [5.41, 5.74) is 0.398. The summed E-state index contributed by atoms with van der Waals surface area (Å²) in [5.74, 6) is -0.854. The van der Waals surface area contributed by atoms with Crippen molar-refractivity contribution in [1.29, 1.82) is 0 Å². The predicted octanol–water partition coefficient (Wildman–Crippen LogP) is 2.96. The maximum Gasteiger partial charge on any atom is 0.338 e. The van der Waals surface area contributed by atoms with Crippen LogP contribution in [0.2, 0.25) is 0 Å². The maximum atomic E-state index is 14.6. The highest BCUT2D eigenvalue weighted by Gasteiger charge is 2.28. The van der Waals surface area contributed by atoms with Gasteiger partial charge in [0.15, 0.2) is 6.29 Å². The standard InChI is InChI=1S/C21H28FNO5/c1-27-21(26)18-11-19(22)20(10-15(18)13-25)23-8-6-17(7-9-23)28-16-4-2-14(12-24)3-5-16/h10-11,13-14,16-17,24H,2-9,12H2,1H3. The SMILES string of the molecule is COC(=O)c1cc(F)c(N2CCC(OC3CCC(CO)CC3)CC2)cc1C=O. The van der Waals surface area contributed by atoms with Crippen molar-refractivity contribution >= 4 is 17.9 Å². The average molecular weight is 393 g/mol. The zero-order valence-corrected chi connectivity index (χ0v) is 16.2. The van der Waals surface area contributed by atoms with E-state index in [1.165, 1.54) is 13.2 Å². The zero-order chi connectivity index (χ0) is 20.1. The molecule has 7 heteroatoms. The van der Waals surface area contributed by atoms with Gasteiger partial charge in [-0.25, -0.2) is 9.18 Å². The number of ether oxygens (including phenoxy) is 2. The number of methoxy groups -OCH3 is 1. The highest BCUT2D eigenvalue weighted by Crippen LogP contribution is 2.31. The molecule has 0 amide bonds. The van der Waals surface area contributed by atoms with Crippen molar-refractivity contribution < 1.29 is 28.6 Å². The minimum atomic E-state index is -0.726. The lowest BCUT2D eigenvalue weighted by atomic mass is 9.88. The second kappa shape index (κ2) is 9.47. The second-order valence-corrected chi connectivity index (χ2v) is 7.65. The first-order valence-electron chi connectivity index (χ1n) is 9.94. The summed E-state index contributed by atoms with van der Waals surface area (Å²) in [6.07, 6.45) is 6.50. The fraction of sp³-hybridized carbons (Fsp3) is 0.619. The first kappa shape index (κ1) is 20.7. The van der Waals surface area contributed by atoms with E-state index < -0.39 is 11.8 Å². The van der Waals surface area contributed by atoms with E-state index in [9.17, 15) is 19.1 Å². The quantitative estimate of drug-likeness (QED) is 0.592. The van der Waals surface area contributed by atoms with Crippen LogP contribution >= 0.6 is 0 Å². The molecular formula is C21H28FNO5. The van der Waals surface area contributed by atoms with Crippen LogP contribution in [0.25, 0.3) is 0 Å². The first-order valence-corrected chi connectivity index (χ1v) is 9.94. The lowest BCUT2D eigenvalue weighted by Gasteiger charge is -2.37. The van der Waals surface area contributed by atoms with E-state index in [1.54, 1.807) is 0 Å². The molecule has 1 saturated carbocycles. The Morgan fingerprint density at radius 2 is 1.82 bits per heavy atom. The number of aliphatic hydroxyl groups is 1. The van der Waals surface area contributed by atoms with Crippen LogP contribution in [0, 0.1) is 11.7 Å². The van der Waals surface area contributed by atoms with E-state index in [1.807, 2.05) is 4.90 Å². The number of carbonyl (C=O) groups excluding carboxylic acids is 2. The molecule has 1 aliphatic carbocycles. The fourth-order valence-electron chi connectivity index (χ4n) is 4.16. The fourth-order valence-corrected chi connectivity index (χ4v) is 4.16. The van der Waals surface area contributed by atoms with Gasteiger partial charge < -0.3 is 19.5 Å². The van der Waals surface area contributed by atoms with Gasteiger partial charge in [-0.2, -0.15) is 0 Å². The molecule has 2 aliphatic rings. The van der Waals surface area contributed by atoms with Gasteiger partial charge in [0, 0.05) is 25.3 Å². The van der Waals surface area contributed by atoms with Crippen LogP contribution in [0.5, 0.6) is 0 Å². The molecule has 0 unspecified atom stereocenters. The van der Waals surface area contributed by atoms with E-state index in [0.29, 0.717) is 31.0 Å². The molecule has 0 spiro atoms. The Kier molecular flexibility index (Phi) is 7.02. The summed E-state index contributed by atoms with van der Waals surface area (Å²) in [5, 5.41) is 9.23. The summed E-state index contributed by atoms with van der Waals surface area (Å²) >= 11 is 0. The van der Waals surface area contributed by atoms with Crippen molar-refractivity contribution in [2.45, 2.75) is 50.7 Å². The largest absolute Gasteiger partial charge is 0.465 e. The Morgan fingerprint density at radius 3 is 2.39 bits per heavy atom. The Morgan fingerprint density at radius 1 is 1.18 bits per heavy atom. The number of esters is 1. The maximum absolute atomic E-state index is 14.6. The third kappa shape index (κ3) is 4.70. The van der Waals surface area contributed by atoms with Crippen molar-refractivity contribution in [2.75, 3.05) is 31.7 Å². The molecule has 1 aliphatic heterocycles. The van der Waals surface area contributed by atoms with Crippen molar-refractivity contribution in [1.82, 2.24) is 0 Å². The highest BCUT2D eigenvalue weighted by molar-refractivity contribution is 5.99. The van der Waals surface area contributed by atoms with Crippen LogP contribution in [0.15, 0.2) is 12.1 Å². The Labute approximate surface area is 164 Å². The molecule has 1 saturated heterocycles. The molecular weight excluding hydrogens is 365 g/mol. The number of anilines is 1. The molecule has 6 nitrogen and oxygen atoms in total. The summed E-state index contributed by atoms with van der Waals surface area (Å²) in [6, 6.07) is 2.50. The van der Waals surface area contributed by atoms with Gasteiger partial charge in [-0.1, -0.05) is 0 Å². The van der Waals surface area contributed by atoms with Crippen molar-refractivity contribution in [2.24, 2.45) is 5.92 Å². The van der Waals surface area contributed by atoms with Crippen molar-refractivity contribution in [3.8, 4) is 0 Å². The normalized spacial score (nSPS) is 23.5. The van der Waals surface area contributed by atoms with E-state index >= 15 is 0 Å². The van der Waals surface area contributed by atoms with Crippen LogP contribution in [0.4, 0.5) is 10.1 Å². The van der Waals surface area contributed by atoms with Crippen LogP contribution in [-0.2, 0) is 9.47 Å². The third-order valence-electron chi connectivity index (χ3n) is 5.87. The number of aliphatic hydroxyl groups excluding tert-OH is 1. The van der Waals surface area contributed by atoms with Crippen LogP contribution in [0.1, 0.15) is 59.2 Å². The van der Waals surface area contributed by atoms with E-state index in [4.69, 9.17) is 4.74 Å². The van der Waals surface area contributed by atoms with Gasteiger partial charge in [0.25, 0.3) is 0 Å². The van der Waals surface area contributed by atoms with Crippen molar-refractivity contribution in [3.05, 3.63) is 29.1 Å². The highest BCUT2D eigenvalue weighted by atomic mass is 19.1. The molecule has 1 aromatic rings. The molecule has 154 valence electrons. The van der Waals surface area contributed by atoms with Crippen LogP contribution in [0.3, 0.4) is 0 Å². The van der Waals surface area contributed by atoms with Crippen LogP contribution in [-0.4, -0.2) is 56.4 Å². The van der Waals surface area contributed by atoms with Gasteiger partial charge in [-0.05, 0) is 56.6 Å². The number of hydrogen-bond acceptors (Lipinski definition) is 6. The topological polar surface area (TPSA) is 76.1 Å². The van der Waals surface area contributed by atoms with Crippen molar-refractivity contribution in [3.63, 3.8) is 0 Å².